The maximum absolute atomic E-state index is 12.1. The summed E-state index contributed by atoms with van der Waals surface area (Å²) in [6.07, 6.45) is 2.97. The molecule has 1 aliphatic carbocycles. The Morgan fingerprint density at radius 2 is 1.95 bits per heavy atom. The van der Waals surface area contributed by atoms with Gasteiger partial charge in [0.15, 0.2) is 5.78 Å². The summed E-state index contributed by atoms with van der Waals surface area (Å²) in [5, 5.41) is 10.0. The number of ketones is 1. The first-order valence-electron chi connectivity index (χ1n) is 5.87. The molecule has 0 amide bonds. The molecule has 0 fully saturated rings. The van der Waals surface area contributed by atoms with Crippen molar-refractivity contribution < 1.29 is 14.3 Å². The molecule has 19 heavy (non-hydrogen) atoms. The van der Waals surface area contributed by atoms with Crippen LogP contribution >= 0.6 is 0 Å². The van der Waals surface area contributed by atoms with Gasteiger partial charge in [-0.1, -0.05) is 24.3 Å². The Kier molecular flexibility index (Phi) is 2.76. The topological polar surface area (TPSA) is 62.8 Å². The normalized spacial score (nSPS) is 14.4. The Morgan fingerprint density at radius 1 is 1.16 bits per heavy atom. The van der Waals surface area contributed by atoms with Gasteiger partial charge in [0.25, 0.3) is 0 Å². The van der Waals surface area contributed by atoms with Crippen molar-refractivity contribution >= 4 is 17.8 Å². The van der Waals surface area contributed by atoms with Crippen molar-refractivity contribution in [3.8, 4) is 0 Å². The quantitative estimate of drug-likeness (QED) is 0.855. The number of fused-ring (bicyclic) bond motifs is 1. The van der Waals surface area contributed by atoms with Gasteiger partial charge in [0.05, 0.1) is 18.4 Å². The molecule has 0 aliphatic heterocycles. The van der Waals surface area contributed by atoms with Crippen LogP contribution in [0.3, 0.4) is 0 Å². The molecular formula is C15H11NO3. The molecule has 1 aromatic heterocycles. The number of carbonyl (C=O) groups is 1. The molecule has 0 atom stereocenters. The molecule has 0 spiro atoms. The molecule has 2 aromatic rings. The van der Waals surface area contributed by atoms with E-state index in [1.165, 1.54) is 6.21 Å². The molecule has 1 heterocycles. The number of hydrogen-bond acceptors (Lipinski definition) is 4. The first kappa shape index (κ1) is 11.5. The summed E-state index contributed by atoms with van der Waals surface area (Å²) in [6.45, 7) is 0.341. The van der Waals surface area contributed by atoms with E-state index < -0.39 is 0 Å². The molecule has 0 saturated heterocycles. The summed E-state index contributed by atoms with van der Waals surface area (Å²) in [4.78, 5) is 16.2. The highest BCUT2D eigenvalue weighted by Crippen LogP contribution is 2.29. The third kappa shape index (κ3) is 1.97. The van der Waals surface area contributed by atoms with Gasteiger partial charge in [-0.05, 0) is 12.1 Å². The Hall–Kier alpha value is -2.62. The average molecular weight is 253 g/mol. The van der Waals surface area contributed by atoms with E-state index in [4.69, 9.17) is 4.42 Å². The number of nitrogens with zero attached hydrogens (tertiary/aromatic N) is 1. The van der Waals surface area contributed by atoms with Crippen LogP contribution < -0.4 is 0 Å². The first-order chi connectivity index (χ1) is 9.27. The van der Waals surface area contributed by atoms with Gasteiger partial charge in [0, 0.05) is 17.3 Å². The Balaban J connectivity index is 1.85. The lowest BCUT2D eigenvalue weighted by molar-refractivity contribution is 0.104. The van der Waals surface area contributed by atoms with E-state index in [0.717, 1.165) is 0 Å². The lowest BCUT2D eigenvalue weighted by Gasteiger charge is -1.95. The fraction of sp³-hybridized carbons (Fsp3) is 0.0667. The smallest absolute Gasteiger partial charge is 0.199 e. The SMILES string of the molecule is O=C1C(C=NCc2ccco2)=C(O)c2ccccc21. The largest absolute Gasteiger partial charge is 0.506 e. The third-order valence-electron chi connectivity index (χ3n) is 2.97. The molecule has 4 nitrogen and oxygen atoms in total. The number of aliphatic hydroxyl groups excluding tert-OH is 1. The Bertz CT molecular complexity index is 681. The molecule has 1 N–H and O–H groups in total. The minimum Gasteiger partial charge on any atom is -0.506 e. The second-order valence-electron chi connectivity index (χ2n) is 4.19. The predicted octanol–water partition coefficient (Wildman–Crippen LogP) is 3.02. The van der Waals surface area contributed by atoms with E-state index in [-0.39, 0.29) is 17.1 Å². The lowest BCUT2D eigenvalue weighted by Crippen LogP contribution is -2.00. The maximum atomic E-state index is 12.1. The Labute approximate surface area is 109 Å². The van der Waals surface area contributed by atoms with Crippen LogP contribution in [0.5, 0.6) is 0 Å². The first-order valence-corrected chi connectivity index (χ1v) is 5.87. The number of aliphatic imine (C=N–C) groups is 1. The number of hydrogen-bond donors (Lipinski definition) is 1. The molecule has 0 saturated carbocycles. The Morgan fingerprint density at radius 3 is 2.63 bits per heavy atom. The zero-order chi connectivity index (χ0) is 13.2. The fourth-order valence-electron chi connectivity index (χ4n) is 2.03. The van der Waals surface area contributed by atoms with Crippen LogP contribution in [0.1, 0.15) is 21.7 Å². The fourth-order valence-corrected chi connectivity index (χ4v) is 2.03. The van der Waals surface area contributed by atoms with Crippen molar-refractivity contribution in [1.82, 2.24) is 0 Å². The zero-order valence-corrected chi connectivity index (χ0v) is 10.0. The van der Waals surface area contributed by atoms with Gasteiger partial charge < -0.3 is 9.52 Å². The molecule has 0 unspecified atom stereocenters. The number of furan rings is 1. The monoisotopic (exact) mass is 253 g/mol. The van der Waals surface area contributed by atoms with Crippen LogP contribution in [-0.2, 0) is 6.54 Å². The summed E-state index contributed by atoms with van der Waals surface area (Å²) in [5.74, 6) is 0.499. The van der Waals surface area contributed by atoms with E-state index in [0.29, 0.717) is 23.4 Å². The van der Waals surface area contributed by atoms with Crippen LogP contribution in [0.4, 0.5) is 0 Å². The van der Waals surface area contributed by atoms with E-state index in [1.54, 1.807) is 42.7 Å². The van der Waals surface area contributed by atoms with Gasteiger partial charge in [0.2, 0.25) is 0 Å². The molecule has 4 heteroatoms. The van der Waals surface area contributed by atoms with Crippen LogP contribution in [0.15, 0.2) is 57.6 Å². The van der Waals surface area contributed by atoms with Gasteiger partial charge in [-0.2, -0.15) is 0 Å². The predicted molar refractivity (Wildman–Crippen MR) is 71.2 cm³/mol. The number of aliphatic hydroxyl groups is 1. The van der Waals surface area contributed by atoms with Crippen molar-refractivity contribution in [2.24, 2.45) is 4.99 Å². The van der Waals surface area contributed by atoms with Crippen LogP contribution in [0.25, 0.3) is 5.76 Å². The van der Waals surface area contributed by atoms with Crippen molar-refractivity contribution in [3.05, 3.63) is 65.1 Å². The third-order valence-corrected chi connectivity index (χ3v) is 2.97. The van der Waals surface area contributed by atoms with Crippen molar-refractivity contribution in [2.75, 3.05) is 0 Å². The number of benzene rings is 1. The molecule has 94 valence electrons. The summed E-state index contributed by atoms with van der Waals surface area (Å²) >= 11 is 0. The molecule has 0 radical (unpaired) electrons. The zero-order valence-electron chi connectivity index (χ0n) is 10.0. The number of rotatable bonds is 3. The van der Waals surface area contributed by atoms with Gasteiger partial charge in [0.1, 0.15) is 11.5 Å². The minimum atomic E-state index is -0.198. The van der Waals surface area contributed by atoms with E-state index in [1.807, 2.05) is 0 Å². The van der Waals surface area contributed by atoms with Crippen LogP contribution in [-0.4, -0.2) is 17.1 Å². The molecular weight excluding hydrogens is 242 g/mol. The van der Waals surface area contributed by atoms with Crippen LogP contribution in [0.2, 0.25) is 0 Å². The van der Waals surface area contributed by atoms with Crippen molar-refractivity contribution in [3.63, 3.8) is 0 Å². The van der Waals surface area contributed by atoms with E-state index in [2.05, 4.69) is 4.99 Å². The maximum Gasteiger partial charge on any atom is 0.199 e. The molecule has 1 aromatic carbocycles. The van der Waals surface area contributed by atoms with Gasteiger partial charge in [-0.15, -0.1) is 0 Å². The van der Waals surface area contributed by atoms with Crippen LogP contribution in [0, 0.1) is 0 Å². The highest BCUT2D eigenvalue weighted by atomic mass is 16.3. The second kappa shape index (κ2) is 4.57. The van der Waals surface area contributed by atoms with Gasteiger partial charge >= 0.3 is 0 Å². The summed E-state index contributed by atoms with van der Waals surface area (Å²) in [7, 11) is 0. The van der Waals surface area contributed by atoms with Crippen molar-refractivity contribution in [1.29, 1.82) is 0 Å². The molecule has 0 bridgehead atoms. The van der Waals surface area contributed by atoms with Crippen molar-refractivity contribution in [2.45, 2.75) is 6.54 Å². The number of allylic oxidation sites excluding steroid dienone is 1. The summed E-state index contributed by atoms with van der Waals surface area (Å²) in [5.41, 5.74) is 1.30. The highest BCUT2D eigenvalue weighted by molar-refractivity contribution is 6.30. The number of Topliss-reactive ketones (excluding diaryl/α,β-unsaturated/α-hetero) is 1. The van der Waals surface area contributed by atoms with Gasteiger partial charge in [-0.3, -0.25) is 9.79 Å². The minimum absolute atomic E-state index is 0.0104. The molecule has 3 rings (SSSR count). The van der Waals surface area contributed by atoms with E-state index in [9.17, 15) is 9.90 Å². The van der Waals surface area contributed by atoms with E-state index >= 15 is 0 Å². The van der Waals surface area contributed by atoms with Gasteiger partial charge in [-0.25, -0.2) is 0 Å². The average Bonchev–Trinajstić information content (AvgIpc) is 3.02. The summed E-state index contributed by atoms with van der Waals surface area (Å²) < 4.78 is 5.14. The molecule has 1 aliphatic rings. The lowest BCUT2D eigenvalue weighted by atomic mass is 10.1. The number of carbonyl (C=O) groups excluding carboxylic acids is 1. The highest BCUT2D eigenvalue weighted by Gasteiger charge is 2.27. The second-order valence-corrected chi connectivity index (χ2v) is 4.19. The summed E-state index contributed by atoms with van der Waals surface area (Å²) in [6, 6.07) is 10.5. The standard InChI is InChI=1S/C15H11NO3/c17-14-11-5-1-2-6-12(11)15(18)13(14)9-16-8-10-4-3-7-19-10/h1-7,9,17H,8H2.